The van der Waals surface area contributed by atoms with Crippen LogP contribution in [0.15, 0.2) is 45.4 Å². The van der Waals surface area contributed by atoms with Crippen LogP contribution in [-0.4, -0.2) is 10.2 Å². The molecule has 112 valence electrons. The van der Waals surface area contributed by atoms with Crippen molar-refractivity contribution in [3.05, 3.63) is 59.4 Å². The number of aromatic nitrogens is 2. The van der Waals surface area contributed by atoms with Crippen LogP contribution in [0.5, 0.6) is 5.75 Å². The summed E-state index contributed by atoms with van der Waals surface area (Å²) in [5, 5.41) is 11.1. The molecular formula is C16H15N3O3. The van der Waals surface area contributed by atoms with Crippen molar-refractivity contribution in [2.45, 2.75) is 26.0 Å². The van der Waals surface area contributed by atoms with Crippen LogP contribution in [0.25, 0.3) is 0 Å². The normalized spacial score (nSPS) is 16.3. The van der Waals surface area contributed by atoms with E-state index in [1.54, 1.807) is 6.26 Å². The number of para-hydroxylation sites is 1. The van der Waals surface area contributed by atoms with Crippen molar-refractivity contribution in [3.63, 3.8) is 0 Å². The molecule has 4 rings (SSSR count). The van der Waals surface area contributed by atoms with Crippen molar-refractivity contribution in [2.75, 3.05) is 5.32 Å². The van der Waals surface area contributed by atoms with E-state index in [1.807, 2.05) is 37.3 Å². The van der Waals surface area contributed by atoms with Crippen LogP contribution in [0.2, 0.25) is 0 Å². The van der Waals surface area contributed by atoms with Crippen LogP contribution < -0.4 is 10.1 Å². The van der Waals surface area contributed by atoms with Gasteiger partial charge in [-0.05, 0) is 30.2 Å². The molecule has 0 radical (unpaired) electrons. The third-order valence-electron chi connectivity index (χ3n) is 3.73. The van der Waals surface area contributed by atoms with Crippen LogP contribution in [0, 0.1) is 6.92 Å². The fraction of sp³-hybridized carbons (Fsp3) is 0.250. The zero-order valence-corrected chi connectivity index (χ0v) is 12.1. The number of aryl methyl sites for hydroxylation is 1. The van der Waals surface area contributed by atoms with Gasteiger partial charge in [-0.2, -0.15) is 0 Å². The monoisotopic (exact) mass is 297 g/mol. The highest BCUT2D eigenvalue weighted by Gasteiger charge is 2.28. The van der Waals surface area contributed by atoms with Gasteiger partial charge in [0, 0.05) is 6.42 Å². The first-order valence-electron chi connectivity index (χ1n) is 7.14. The van der Waals surface area contributed by atoms with Crippen molar-refractivity contribution in [3.8, 4) is 5.75 Å². The van der Waals surface area contributed by atoms with Crippen LogP contribution in [0.4, 0.5) is 6.01 Å². The summed E-state index contributed by atoms with van der Waals surface area (Å²) in [4.78, 5) is 0. The van der Waals surface area contributed by atoms with Crippen LogP contribution in [0.3, 0.4) is 0 Å². The minimum absolute atomic E-state index is 0.217. The SMILES string of the molecule is Cc1ccoc1CNc1nnc([C@H]2Cc3ccccc3O2)o1. The highest BCUT2D eigenvalue weighted by Crippen LogP contribution is 2.36. The Morgan fingerprint density at radius 3 is 2.95 bits per heavy atom. The molecule has 6 heteroatoms. The van der Waals surface area contributed by atoms with Gasteiger partial charge in [0.2, 0.25) is 0 Å². The Morgan fingerprint density at radius 2 is 2.14 bits per heavy atom. The summed E-state index contributed by atoms with van der Waals surface area (Å²) < 4.78 is 16.8. The summed E-state index contributed by atoms with van der Waals surface area (Å²) in [5.74, 6) is 2.21. The van der Waals surface area contributed by atoms with Crippen LogP contribution >= 0.6 is 0 Å². The maximum atomic E-state index is 5.83. The van der Waals surface area contributed by atoms with E-state index in [9.17, 15) is 0 Å². The number of benzene rings is 1. The molecule has 1 N–H and O–H groups in total. The summed E-state index contributed by atoms with van der Waals surface area (Å²) in [6.07, 6.45) is 2.19. The lowest BCUT2D eigenvalue weighted by molar-refractivity contribution is 0.199. The number of rotatable bonds is 4. The fourth-order valence-corrected chi connectivity index (χ4v) is 2.50. The summed E-state index contributed by atoms with van der Waals surface area (Å²) in [6, 6.07) is 10.2. The van der Waals surface area contributed by atoms with Gasteiger partial charge in [0.15, 0.2) is 6.10 Å². The predicted octanol–water partition coefficient (Wildman–Crippen LogP) is 3.26. The third kappa shape index (κ3) is 2.32. The van der Waals surface area contributed by atoms with Crippen molar-refractivity contribution >= 4 is 6.01 Å². The molecule has 0 spiro atoms. The second-order valence-corrected chi connectivity index (χ2v) is 5.24. The molecule has 0 bridgehead atoms. The van der Waals surface area contributed by atoms with Gasteiger partial charge >= 0.3 is 6.01 Å². The second-order valence-electron chi connectivity index (χ2n) is 5.24. The van der Waals surface area contributed by atoms with Crippen LogP contribution in [0.1, 0.15) is 28.9 Å². The highest BCUT2D eigenvalue weighted by molar-refractivity contribution is 5.38. The summed E-state index contributed by atoms with van der Waals surface area (Å²) in [7, 11) is 0. The molecular weight excluding hydrogens is 282 g/mol. The molecule has 3 heterocycles. The molecule has 0 amide bonds. The topological polar surface area (TPSA) is 73.3 Å². The molecule has 2 aromatic heterocycles. The van der Waals surface area contributed by atoms with Gasteiger partial charge in [0.25, 0.3) is 5.89 Å². The highest BCUT2D eigenvalue weighted by atomic mass is 16.5. The Morgan fingerprint density at radius 1 is 1.23 bits per heavy atom. The number of nitrogens with zero attached hydrogens (tertiary/aromatic N) is 2. The molecule has 6 nitrogen and oxygen atoms in total. The Hall–Kier alpha value is -2.76. The van der Waals surface area contributed by atoms with Crippen molar-refractivity contribution < 1.29 is 13.6 Å². The van der Waals surface area contributed by atoms with E-state index in [-0.39, 0.29) is 6.10 Å². The average Bonchev–Trinajstić information content (AvgIpc) is 3.24. The number of furan rings is 1. The Kier molecular flexibility index (Phi) is 3.07. The molecule has 1 aliphatic heterocycles. The van der Waals surface area contributed by atoms with Gasteiger partial charge < -0.3 is 18.9 Å². The number of fused-ring (bicyclic) bond motifs is 1. The first kappa shape index (κ1) is 12.9. The van der Waals surface area contributed by atoms with E-state index in [4.69, 9.17) is 13.6 Å². The van der Waals surface area contributed by atoms with Gasteiger partial charge in [-0.25, -0.2) is 0 Å². The number of anilines is 1. The predicted molar refractivity (Wildman–Crippen MR) is 78.6 cm³/mol. The zero-order valence-electron chi connectivity index (χ0n) is 12.1. The molecule has 0 fully saturated rings. The van der Waals surface area contributed by atoms with Gasteiger partial charge in [-0.15, -0.1) is 5.10 Å². The number of hydrogen-bond donors (Lipinski definition) is 1. The van der Waals surface area contributed by atoms with E-state index in [0.717, 1.165) is 29.1 Å². The lowest BCUT2D eigenvalue weighted by Gasteiger charge is -2.04. The molecule has 0 unspecified atom stereocenters. The number of hydrogen-bond acceptors (Lipinski definition) is 6. The molecule has 22 heavy (non-hydrogen) atoms. The Balaban J connectivity index is 1.43. The first-order valence-corrected chi connectivity index (χ1v) is 7.14. The van der Waals surface area contributed by atoms with Gasteiger partial charge in [-0.3, -0.25) is 0 Å². The minimum Gasteiger partial charge on any atom is -0.480 e. The van der Waals surface area contributed by atoms with E-state index in [1.165, 1.54) is 0 Å². The largest absolute Gasteiger partial charge is 0.480 e. The lowest BCUT2D eigenvalue weighted by Crippen LogP contribution is -2.03. The number of ether oxygens (including phenoxy) is 1. The fourth-order valence-electron chi connectivity index (χ4n) is 2.50. The minimum atomic E-state index is -0.217. The molecule has 0 aliphatic carbocycles. The van der Waals surface area contributed by atoms with Crippen molar-refractivity contribution in [1.29, 1.82) is 0 Å². The Bertz CT molecular complexity index is 768. The third-order valence-corrected chi connectivity index (χ3v) is 3.73. The van der Waals surface area contributed by atoms with Gasteiger partial charge in [-0.1, -0.05) is 23.3 Å². The van der Waals surface area contributed by atoms with E-state index < -0.39 is 0 Å². The smallest absolute Gasteiger partial charge is 0.315 e. The molecule has 1 aliphatic rings. The molecule has 0 saturated heterocycles. The average molecular weight is 297 g/mol. The number of nitrogens with one attached hydrogen (secondary N) is 1. The summed E-state index contributed by atoms with van der Waals surface area (Å²) in [5.41, 5.74) is 2.24. The van der Waals surface area contributed by atoms with Crippen LogP contribution in [-0.2, 0) is 13.0 Å². The molecule has 1 aromatic carbocycles. The molecule has 3 aromatic rings. The first-order chi connectivity index (χ1) is 10.8. The maximum Gasteiger partial charge on any atom is 0.315 e. The zero-order chi connectivity index (χ0) is 14.9. The van der Waals surface area contributed by atoms with E-state index >= 15 is 0 Å². The second kappa shape index (κ2) is 5.22. The van der Waals surface area contributed by atoms with E-state index in [0.29, 0.717) is 18.5 Å². The summed E-state index contributed by atoms with van der Waals surface area (Å²) >= 11 is 0. The summed E-state index contributed by atoms with van der Waals surface area (Å²) in [6.45, 7) is 2.50. The van der Waals surface area contributed by atoms with Crippen molar-refractivity contribution in [2.24, 2.45) is 0 Å². The standard InChI is InChI=1S/C16H15N3O3/c1-10-6-7-20-14(10)9-17-16-19-18-15(22-16)13-8-11-4-2-3-5-12(11)21-13/h2-7,13H,8-9H2,1H3,(H,17,19)/t13-/m1/s1. The van der Waals surface area contributed by atoms with Gasteiger partial charge in [0.05, 0.1) is 12.8 Å². The van der Waals surface area contributed by atoms with E-state index in [2.05, 4.69) is 15.5 Å². The van der Waals surface area contributed by atoms with Crippen molar-refractivity contribution in [1.82, 2.24) is 10.2 Å². The molecule has 1 atom stereocenters. The van der Waals surface area contributed by atoms with Gasteiger partial charge in [0.1, 0.15) is 11.5 Å². The molecule has 0 saturated carbocycles. The quantitative estimate of drug-likeness (QED) is 0.796. The Labute approximate surface area is 127 Å². The lowest BCUT2D eigenvalue weighted by atomic mass is 10.1. The maximum absolute atomic E-state index is 5.83.